The number of nitrogens with one attached hydrogen (secondary N) is 1. The molecule has 1 fully saturated rings. The Morgan fingerprint density at radius 2 is 1.59 bits per heavy atom. The molecule has 5 nitrogen and oxygen atoms in total. The van der Waals surface area contributed by atoms with Crippen molar-refractivity contribution in [3.8, 4) is 0 Å². The fraction of sp³-hybridized carbons (Fsp3) is 0.391. The molecule has 1 aliphatic heterocycles. The van der Waals surface area contributed by atoms with Crippen molar-refractivity contribution in [1.82, 2.24) is 15.1 Å². The predicted molar refractivity (Wildman–Crippen MR) is 111 cm³/mol. The van der Waals surface area contributed by atoms with E-state index in [1.54, 1.807) is 12.1 Å². The van der Waals surface area contributed by atoms with E-state index in [4.69, 9.17) is 0 Å². The number of carbonyl (C=O) groups excluding carboxylic acids is 2. The number of rotatable bonds is 6. The molecule has 0 radical (unpaired) electrons. The van der Waals surface area contributed by atoms with Gasteiger partial charge in [0.25, 0.3) is 0 Å². The van der Waals surface area contributed by atoms with Crippen LogP contribution in [0, 0.1) is 5.82 Å². The lowest BCUT2D eigenvalue weighted by atomic mass is 9.83. The van der Waals surface area contributed by atoms with Crippen LogP contribution in [-0.2, 0) is 21.5 Å². The summed E-state index contributed by atoms with van der Waals surface area (Å²) in [6.45, 7) is 7.15. The van der Waals surface area contributed by atoms with Gasteiger partial charge in [0.2, 0.25) is 11.8 Å². The second kappa shape index (κ2) is 9.18. The third-order valence-electron chi connectivity index (χ3n) is 5.46. The molecule has 2 aromatic rings. The van der Waals surface area contributed by atoms with Crippen LogP contribution in [0.1, 0.15) is 25.0 Å². The van der Waals surface area contributed by atoms with E-state index in [-0.39, 0.29) is 17.6 Å². The van der Waals surface area contributed by atoms with E-state index in [2.05, 4.69) is 10.2 Å². The van der Waals surface area contributed by atoms with E-state index < -0.39 is 5.41 Å². The quantitative estimate of drug-likeness (QED) is 0.815. The first kappa shape index (κ1) is 21.0. The molecule has 0 aromatic heterocycles. The van der Waals surface area contributed by atoms with Crippen molar-refractivity contribution in [3.05, 3.63) is 71.5 Å². The zero-order valence-electron chi connectivity index (χ0n) is 17.0. The first-order valence-electron chi connectivity index (χ1n) is 9.94. The standard InChI is InChI=1S/C23H28FN3O2/c1-23(2,19-6-4-3-5-7-19)22(29)27-14-12-26(13-15-27)17-21(28)25-16-18-8-10-20(24)11-9-18/h3-11H,12-17H2,1-2H3,(H,25,28). The van der Waals surface area contributed by atoms with Gasteiger partial charge in [-0.1, -0.05) is 42.5 Å². The highest BCUT2D eigenvalue weighted by atomic mass is 19.1. The van der Waals surface area contributed by atoms with Crippen LogP contribution >= 0.6 is 0 Å². The average Bonchev–Trinajstić information content (AvgIpc) is 2.74. The molecule has 2 amide bonds. The Labute approximate surface area is 171 Å². The van der Waals surface area contributed by atoms with Crippen molar-refractivity contribution in [2.45, 2.75) is 25.8 Å². The zero-order chi connectivity index (χ0) is 20.9. The monoisotopic (exact) mass is 397 g/mol. The summed E-state index contributed by atoms with van der Waals surface area (Å²) < 4.78 is 12.9. The predicted octanol–water partition coefficient (Wildman–Crippen LogP) is 2.56. The van der Waals surface area contributed by atoms with Gasteiger partial charge in [0, 0.05) is 32.7 Å². The molecular weight excluding hydrogens is 369 g/mol. The van der Waals surface area contributed by atoms with Crippen LogP contribution in [0.4, 0.5) is 4.39 Å². The van der Waals surface area contributed by atoms with Crippen molar-refractivity contribution in [2.75, 3.05) is 32.7 Å². The maximum absolute atomic E-state index is 13.0. The second-order valence-electron chi connectivity index (χ2n) is 7.96. The third-order valence-corrected chi connectivity index (χ3v) is 5.46. The maximum Gasteiger partial charge on any atom is 0.234 e. The molecule has 0 bridgehead atoms. The summed E-state index contributed by atoms with van der Waals surface area (Å²) in [6, 6.07) is 15.9. The van der Waals surface area contributed by atoms with Gasteiger partial charge in [0.1, 0.15) is 5.82 Å². The van der Waals surface area contributed by atoms with Crippen LogP contribution < -0.4 is 5.32 Å². The van der Waals surface area contributed by atoms with Gasteiger partial charge in [-0.2, -0.15) is 0 Å². The number of piperazine rings is 1. The molecule has 2 aromatic carbocycles. The van der Waals surface area contributed by atoms with Gasteiger partial charge in [0.05, 0.1) is 12.0 Å². The van der Waals surface area contributed by atoms with E-state index in [9.17, 15) is 14.0 Å². The normalized spacial score (nSPS) is 15.2. The minimum atomic E-state index is -0.573. The number of carbonyl (C=O) groups is 2. The lowest BCUT2D eigenvalue weighted by Gasteiger charge is -2.38. The minimum absolute atomic E-state index is 0.0706. The molecule has 1 saturated heterocycles. The number of amides is 2. The molecule has 0 atom stereocenters. The summed E-state index contributed by atoms with van der Waals surface area (Å²) in [5, 5.41) is 2.86. The summed E-state index contributed by atoms with van der Waals surface area (Å²) >= 11 is 0. The van der Waals surface area contributed by atoms with E-state index in [1.165, 1.54) is 12.1 Å². The molecule has 0 spiro atoms. The minimum Gasteiger partial charge on any atom is -0.351 e. The molecule has 154 valence electrons. The second-order valence-corrected chi connectivity index (χ2v) is 7.96. The summed E-state index contributed by atoms with van der Waals surface area (Å²) in [5.41, 5.74) is 1.29. The third kappa shape index (κ3) is 5.41. The van der Waals surface area contributed by atoms with Crippen LogP contribution in [0.2, 0.25) is 0 Å². The molecular formula is C23H28FN3O2. The fourth-order valence-electron chi connectivity index (χ4n) is 3.54. The summed E-state index contributed by atoms with van der Waals surface area (Å²) in [6.07, 6.45) is 0. The summed E-state index contributed by atoms with van der Waals surface area (Å²) in [4.78, 5) is 29.2. The van der Waals surface area contributed by atoms with Gasteiger partial charge in [-0.3, -0.25) is 14.5 Å². The van der Waals surface area contributed by atoms with Gasteiger partial charge >= 0.3 is 0 Å². The first-order valence-corrected chi connectivity index (χ1v) is 9.94. The van der Waals surface area contributed by atoms with Crippen molar-refractivity contribution < 1.29 is 14.0 Å². The summed E-state index contributed by atoms with van der Waals surface area (Å²) in [5.74, 6) is -0.245. The molecule has 3 rings (SSSR count). The zero-order valence-corrected chi connectivity index (χ0v) is 17.0. The van der Waals surface area contributed by atoms with Crippen LogP contribution in [0.15, 0.2) is 54.6 Å². The van der Waals surface area contributed by atoms with Gasteiger partial charge in [0.15, 0.2) is 0 Å². The van der Waals surface area contributed by atoms with E-state index in [0.717, 1.165) is 11.1 Å². The topological polar surface area (TPSA) is 52.7 Å². The Morgan fingerprint density at radius 3 is 2.21 bits per heavy atom. The lowest BCUT2D eigenvalue weighted by molar-refractivity contribution is -0.138. The largest absolute Gasteiger partial charge is 0.351 e. The summed E-state index contributed by atoms with van der Waals surface area (Å²) in [7, 11) is 0. The van der Waals surface area contributed by atoms with Gasteiger partial charge < -0.3 is 10.2 Å². The molecule has 6 heteroatoms. The van der Waals surface area contributed by atoms with Gasteiger partial charge in [-0.25, -0.2) is 4.39 Å². The first-order chi connectivity index (χ1) is 13.9. The lowest BCUT2D eigenvalue weighted by Crippen LogP contribution is -2.54. The molecule has 1 aliphatic rings. The fourth-order valence-corrected chi connectivity index (χ4v) is 3.54. The van der Waals surface area contributed by atoms with Gasteiger partial charge in [-0.05, 0) is 37.1 Å². The molecule has 0 unspecified atom stereocenters. The van der Waals surface area contributed by atoms with Crippen LogP contribution in [0.25, 0.3) is 0 Å². The highest BCUT2D eigenvalue weighted by Crippen LogP contribution is 2.26. The molecule has 1 heterocycles. The molecule has 0 saturated carbocycles. The van der Waals surface area contributed by atoms with Crippen molar-refractivity contribution in [2.24, 2.45) is 0 Å². The Bertz CT molecular complexity index is 829. The molecule has 0 aliphatic carbocycles. The number of halogens is 1. The SMILES string of the molecule is CC(C)(C(=O)N1CCN(CC(=O)NCc2ccc(F)cc2)CC1)c1ccccc1. The van der Waals surface area contributed by atoms with Crippen LogP contribution in [0.5, 0.6) is 0 Å². The highest BCUT2D eigenvalue weighted by molar-refractivity contribution is 5.87. The highest BCUT2D eigenvalue weighted by Gasteiger charge is 2.35. The van der Waals surface area contributed by atoms with E-state index >= 15 is 0 Å². The Morgan fingerprint density at radius 1 is 0.966 bits per heavy atom. The van der Waals surface area contributed by atoms with E-state index in [0.29, 0.717) is 39.3 Å². The molecule has 29 heavy (non-hydrogen) atoms. The smallest absolute Gasteiger partial charge is 0.234 e. The molecule has 1 N–H and O–H groups in total. The van der Waals surface area contributed by atoms with E-state index in [1.807, 2.05) is 49.1 Å². The maximum atomic E-state index is 13.0. The average molecular weight is 397 g/mol. The van der Waals surface area contributed by atoms with Crippen molar-refractivity contribution >= 4 is 11.8 Å². The number of benzene rings is 2. The Hall–Kier alpha value is -2.73. The number of nitrogens with zero attached hydrogens (tertiary/aromatic N) is 2. The Kier molecular flexibility index (Phi) is 6.64. The van der Waals surface area contributed by atoms with Crippen LogP contribution in [0.3, 0.4) is 0 Å². The van der Waals surface area contributed by atoms with Crippen LogP contribution in [-0.4, -0.2) is 54.3 Å². The van der Waals surface area contributed by atoms with Crippen molar-refractivity contribution in [3.63, 3.8) is 0 Å². The number of hydrogen-bond acceptors (Lipinski definition) is 3. The van der Waals surface area contributed by atoms with Crippen molar-refractivity contribution in [1.29, 1.82) is 0 Å². The Balaban J connectivity index is 1.45. The van der Waals surface area contributed by atoms with Gasteiger partial charge in [-0.15, -0.1) is 0 Å². The number of hydrogen-bond donors (Lipinski definition) is 1.